The third kappa shape index (κ3) is 5.46. The van der Waals surface area contributed by atoms with E-state index in [-0.39, 0.29) is 0 Å². The molecule has 0 amide bonds. The molecule has 2 N–H and O–H groups in total. The summed E-state index contributed by atoms with van der Waals surface area (Å²) in [7, 11) is 0. The molecule has 0 spiro atoms. The summed E-state index contributed by atoms with van der Waals surface area (Å²) in [5.74, 6) is 0.340. The maximum absolute atomic E-state index is 11.9. The minimum Gasteiger partial charge on any atom is -0.326 e. The molecule has 0 heterocycles. The molecule has 0 saturated carbocycles. The van der Waals surface area contributed by atoms with Crippen LogP contribution in [0.15, 0.2) is 24.3 Å². The number of Topliss-reactive ketones (excluding diaryl/α,β-unsaturated/α-hetero) is 1. The van der Waals surface area contributed by atoms with Gasteiger partial charge in [0.25, 0.3) is 0 Å². The first kappa shape index (κ1) is 14.9. The molecule has 0 saturated heterocycles. The predicted molar refractivity (Wildman–Crippen MR) is 76.4 cm³/mol. The molecule has 2 heteroatoms. The summed E-state index contributed by atoms with van der Waals surface area (Å²) in [6, 6.07) is 7.96. The number of ketones is 1. The average molecular weight is 247 g/mol. The average Bonchev–Trinajstić information content (AvgIpc) is 2.39. The van der Waals surface area contributed by atoms with Gasteiger partial charge in [-0.25, -0.2) is 0 Å². The fraction of sp³-hybridized carbons (Fsp3) is 0.562. The fourth-order valence-corrected chi connectivity index (χ4v) is 2.16. The number of nitrogens with two attached hydrogens (primary N) is 1. The second-order valence-electron chi connectivity index (χ2n) is 4.85. The Balaban J connectivity index is 2.31. The highest BCUT2D eigenvalue weighted by atomic mass is 16.1. The predicted octanol–water partition coefficient (Wildman–Crippen LogP) is 3.62. The first-order valence-electron chi connectivity index (χ1n) is 7.06. The molecular weight excluding hydrogens is 222 g/mol. The maximum atomic E-state index is 11.9. The Morgan fingerprint density at radius 3 is 2.39 bits per heavy atom. The molecule has 2 nitrogen and oxygen atoms in total. The Hall–Kier alpha value is -1.15. The Bertz CT molecular complexity index is 360. The van der Waals surface area contributed by atoms with Crippen molar-refractivity contribution in [3.8, 4) is 0 Å². The van der Waals surface area contributed by atoms with E-state index in [0.717, 1.165) is 17.5 Å². The van der Waals surface area contributed by atoms with E-state index >= 15 is 0 Å². The van der Waals surface area contributed by atoms with Crippen molar-refractivity contribution in [2.24, 2.45) is 5.73 Å². The zero-order chi connectivity index (χ0) is 13.2. The number of hydrogen-bond donors (Lipinski definition) is 1. The highest BCUT2D eigenvalue weighted by molar-refractivity contribution is 5.81. The number of unbranched alkanes of at least 4 members (excludes halogenated alkanes) is 4. The SMILES string of the molecule is CCCCCCCC(=O)Cc1ccccc1CN. The van der Waals surface area contributed by atoms with Crippen molar-refractivity contribution in [3.05, 3.63) is 35.4 Å². The second-order valence-corrected chi connectivity index (χ2v) is 4.85. The van der Waals surface area contributed by atoms with Gasteiger partial charge in [-0.3, -0.25) is 4.79 Å². The van der Waals surface area contributed by atoms with Crippen molar-refractivity contribution in [3.63, 3.8) is 0 Å². The van der Waals surface area contributed by atoms with Gasteiger partial charge in [-0.2, -0.15) is 0 Å². The van der Waals surface area contributed by atoms with Crippen LogP contribution in [0.5, 0.6) is 0 Å². The lowest BCUT2D eigenvalue weighted by Gasteiger charge is -2.06. The molecular formula is C16H25NO. The van der Waals surface area contributed by atoms with E-state index in [1.807, 2.05) is 24.3 Å². The molecule has 1 rings (SSSR count). The van der Waals surface area contributed by atoms with Crippen LogP contribution in [0.1, 0.15) is 56.6 Å². The fourth-order valence-electron chi connectivity index (χ4n) is 2.16. The van der Waals surface area contributed by atoms with E-state index in [2.05, 4.69) is 6.92 Å². The maximum Gasteiger partial charge on any atom is 0.137 e. The zero-order valence-electron chi connectivity index (χ0n) is 11.5. The van der Waals surface area contributed by atoms with E-state index < -0.39 is 0 Å². The lowest BCUT2D eigenvalue weighted by Crippen LogP contribution is -2.07. The molecule has 0 aromatic heterocycles. The van der Waals surface area contributed by atoms with Crippen LogP contribution in [-0.2, 0) is 17.8 Å². The van der Waals surface area contributed by atoms with Crippen LogP contribution >= 0.6 is 0 Å². The Morgan fingerprint density at radius 1 is 1.06 bits per heavy atom. The molecule has 1 aromatic carbocycles. The van der Waals surface area contributed by atoms with Gasteiger partial charge in [-0.1, -0.05) is 56.9 Å². The first-order chi connectivity index (χ1) is 8.77. The van der Waals surface area contributed by atoms with E-state index in [4.69, 9.17) is 5.73 Å². The molecule has 100 valence electrons. The van der Waals surface area contributed by atoms with Crippen LogP contribution in [0.25, 0.3) is 0 Å². The van der Waals surface area contributed by atoms with Crippen molar-refractivity contribution in [2.75, 3.05) is 0 Å². The largest absolute Gasteiger partial charge is 0.326 e. The summed E-state index contributed by atoms with van der Waals surface area (Å²) in [5.41, 5.74) is 7.86. The van der Waals surface area contributed by atoms with Gasteiger partial charge in [0.1, 0.15) is 5.78 Å². The van der Waals surface area contributed by atoms with Gasteiger partial charge in [0.15, 0.2) is 0 Å². The van der Waals surface area contributed by atoms with Gasteiger partial charge < -0.3 is 5.73 Å². The molecule has 0 aliphatic heterocycles. The van der Waals surface area contributed by atoms with Gasteiger partial charge in [0.05, 0.1) is 0 Å². The van der Waals surface area contributed by atoms with Crippen LogP contribution in [0, 0.1) is 0 Å². The first-order valence-corrected chi connectivity index (χ1v) is 7.06. The summed E-state index contributed by atoms with van der Waals surface area (Å²) in [6.07, 6.45) is 7.25. The third-order valence-corrected chi connectivity index (χ3v) is 3.29. The monoisotopic (exact) mass is 247 g/mol. The molecule has 0 radical (unpaired) electrons. The van der Waals surface area contributed by atoms with Crippen LogP contribution in [-0.4, -0.2) is 5.78 Å². The Kier molecular flexibility index (Phi) is 7.35. The topological polar surface area (TPSA) is 43.1 Å². The molecule has 18 heavy (non-hydrogen) atoms. The van der Waals surface area contributed by atoms with Gasteiger partial charge in [0.2, 0.25) is 0 Å². The lowest BCUT2D eigenvalue weighted by molar-refractivity contribution is -0.118. The van der Waals surface area contributed by atoms with Crippen molar-refractivity contribution in [1.82, 2.24) is 0 Å². The summed E-state index contributed by atoms with van der Waals surface area (Å²) >= 11 is 0. The lowest BCUT2D eigenvalue weighted by atomic mass is 9.99. The van der Waals surface area contributed by atoms with E-state index in [9.17, 15) is 4.79 Å². The van der Waals surface area contributed by atoms with Gasteiger partial charge in [0, 0.05) is 19.4 Å². The van der Waals surface area contributed by atoms with Crippen LogP contribution in [0.4, 0.5) is 0 Å². The van der Waals surface area contributed by atoms with Crippen molar-refractivity contribution in [1.29, 1.82) is 0 Å². The van der Waals surface area contributed by atoms with Gasteiger partial charge in [-0.15, -0.1) is 0 Å². The standard InChI is InChI=1S/C16H25NO/c1-2-3-4-5-6-11-16(18)12-14-9-7-8-10-15(14)13-17/h7-10H,2-6,11-13,17H2,1H3. The molecule has 0 aliphatic rings. The van der Waals surface area contributed by atoms with E-state index in [0.29, 0.717) is 25.2 Å². The minimum absolute atomic E-state index is 0.340. The summed E-state index contributed by atoms with van der Waals surface area (Å²) in [4.78, 5) is 11.9. The number of carbonyl (C=O) groups is 1. The molecule has 0 fully saturated rings. The van der Waals surface area contributed by atoms with Crippen molar-refractivity contribution < 1.29 is 4.79 Å². The molecule has 0 bridgehead atoms. The highest BCUT2D eigenvalue weighted by Gasteiger charge is 2.06. The number of rotatable bonds is 9. The van der Waals surface area contributed by atoms with Crippen molar-refractivity contribution >= 4 is 5.78 Å². The van der Waals surface area contributed by atoms with Crippen LogP contribution in [0.3, 0.4) is 0 Å². The number of hydrogen-bond acceptors (Lipinski definition) is 2. The summed E-state index contributed by atoms with van der Waals surface area (Å²) in [6.45, 7) is 2.72. The third-order valence-electron chi connectivity index (χ3n) is 3.29. The van der Waals surface area contributed by atoms with Crippen LogP contribution in [0.2, 0.25) is 0 Å². The Morgan fingerprint density at radius 2 is 1.72 bits per heavy atom. The highest BCUT2D eigenvalue weighted by Crippen LogP contribution is 2.12. The smallest absolute Gasteiger partial charge is 0.137 e. The minimum atomic E-state index is 0.340. The zero-order valence-corrected chi connectivity index (χ0v) is 11.5. The molecule has 1 aromatic rings. The molecule has 0 atom stereocenters. The normalized spacial score (nSPS) is 10.6. The molecule has 0 aliphatic carbocycles. The quantitative estimate of drug-likeness (QED) is 0.677. The molecule has 0 unspecified atom stereocenters. The van der Waals surface area contributed by atoms with Gasteiger partial charge in [-0.05, 0) is 17.5 Å². The number of carbonyl (C=O) groups excluding carboxylic acids is 1. The van der Waals surface area contributed by atoms with E-state index in [1.54, 1.807) is 0 Å². The van der Waals surface area contributed by atoms with Gasteiger partial charge >= 0.3 is 0 Å². The van der Waals surface area contributed by atoms with E-state index in [1.165, 1.54) is 25.7 Å². The summed E-state index contributed by atoms with van der Waals surface area (Å²) in [5, 5.41) is 0. The van der Waals surface area contributed by atoms with Crippen LogP contribution < -0.4 is 5.73 Å². The second kappa shape index (κ2) is 8.87. The number of benzene rings is 1. The van der Waals surface area contributed by atoms with Crippen molar-refractivity contribution in [2.45, 2.75) is 58.4 Å². The summed E-state index contributed by atoms with van der Waals surface area (Å²) < 4.78 is 0. The Labute approximate surface area is 111 Å².